The predicted molar refractivity (Wildman–Crippen MR) is 109 cm³/mol. The van der Waals surface area contributed by atoms with Crippen LogP contribution in [0.15, 0.2) is 30.3 Å². The SMILES string of the molecule is CNC(=O)c1cc(C)nc(Nc2ccc(N3CCC(N(C)C)CC3)cc2)n1. The zero-order chi connectivity index (χ0) is 19.4. The number of carbonyl (C=O) groups excluding carboxylic acids is 1. The lowest BCUT2D eigenvalue weighted by atomic mass is 10.0. The molecule has 1 aliphatic rings. The van der Waals surface area contributed by atoms with Gasteiger partial charge in [-0.2, -0.15) is 0 Å². The minimum atomic E-state index is -0.222. The molecule has 3 rings (SSSR count). The van der Waals surface area contributed by atoms with Crippen LogP contribution in [-0.4, -0.2) is 61.0 Å². The number of rotatable bonds is 5. The van der Waals surface area contributed by atoms with Crippen LogP contribution in [0.5, 0.6) is 0 Å². The van der Waals surface area contributed by atoms with Crippen molar-refractivity contribution in [2.24, 2.45) is 0 Å². The van der Waals surface area contributed by atoms with Gasteiger partial charge in [0.1, 0.15) is 5.69 Å². The van der Waals surface area contributed by atoms with Crippen molar-refractivity contribution in [2.45, 2.75) is 25.8 Å². The maximum absolute atomic E-state index is 11.8. The van der Waals surface area contributed by atoms with Crippen LogP contribution in [0.2, 0.25) is 0 Å². The minimum Gasteiger partial charge on any atom is -0.371 e. The maximum atomic E-state index is 11.8. The van der Waals surface area contributed by atoms with Crippen LogP contribution < -0.4 is 15.5 Å². The zero-order valence-corrected chi connectivity index (χ0v) is 16.5. The van der Waals surface area contributed by atoms with E-state index in [9.17, 15) is 4.79 Å². The quantitative estimate of drug-likeness (QED) is 0.844. The molecule has 1 saturated heterocycles. The Labute approximate surface area is 160 Å². The summed E-state index contributed by atoms with van der Waals surface area (Å²) in [6, 6.07) is 10.6. The van der Waals surface area contributed by atoms with Crippen LogP contribution >= 0.6 is 0 Å². The Morgan fingerprint density at radius 1 is 1.15 bits per heavy atom. The van der Waals surface area contributed by atoms with Crippen LogP contribution in [0.3, 0.4) is 0 Å². The van der Waals surface area contributed by atoms with E-state index in [4.69, 9.17) is 0 Å². The number of nitrogens with zero attached hydrogens (tertiary/aromatic N) is 4. The average Bonchev–Trinajstić information content (AvgIpc) is 2.67. The number of piperidine rings is 1. The first-order valence-electron chi connectivity index (χ1n) is 9.32. The van der Waals surface area contributed by atoms with Gasteiger partial charge in [0.05, 0.1) is 0 Å². The molecule has 0 spiro atoms. The van der Waals surface area contributed by atoms with E-state index in [0.29, 0.717) is 17.7 Å². The zero-order valence-electron chi connectivity index (χ0n) is 16.5. The fourth-order valence-electron chi connectivity index (χ4n) is 3.39. The Morgan fingerprint density at radius 2 is 1.81 bits per heavy atom. The highest BCUT2D eigenvalue weighted by atomic mass is 16.1. The van der Waals surface area contributed by atoms with Gasteiger partial charge in [-0.1, -0.05) is 0 Å². The lowest BCUT2D eigenvalue weighted by molar-refractivity contribution is 0.0958. The third kappa shape index (κ3) is 4.74. The van der Waals surface area contributed by atoms with Crippen LogP contribution in [0, 0.1) is 6.92 Å². The first kappa shape index (κ1) is 19.1. The summed E-state index contributed by atoms with van der Waals surface area (Å²) in [5.74, 6) is 0.202. The molecule has 144 valence electrons. The van der Waals surface area contributed by atoms with Gasteiger partial charge in [0.2, 0.25) is 5.95 Å². The summed E-state index contributed by atoms with van der Waals surface area (Å²) in [6.45, 7) is 4.00. The largest absolute Gasteiger partial charge is 0.371 e. The summed E-state index contributed by atoms with van der Waals surface area (Å²) in [5, 5.41) is 5.78. The lowest BCUT2D eigenvalue weighted by Crippen LogP contribution is -2.41. The molecular formula is C20H28N6O. The molecule has 1 aliphatic heterocycles. The molecule has 7 nitrogen and oxygen atoms in total. The Bertz CT molecular complexity index is 782. The topological polar surface area (TPSA) is 73.4 Å². The first-order valence-corrected chi connectivity index (χ1v) is 9.32. The normalized spacial score (nSPS) is 15.1. The average molecular weight is 368 g/mol. The van der Waals surface area contributed by atoms with E-state index >= 15 is 0 Å². The number of hydrogen-bond acceptors (Lipinski definition) is 6. The van der Waals surface area contributed by atoms with Gasteiger partial charge >= 0.3 is 0 Å². The van der Waals surface area contributed by atoms with Gasteiger partial charge in [-0.25, -0.2) is 9.97 Å². The molecule has 0 bridgehead atoms. The highest BCUT2D eigenvalue weighted by Crippen LogP contribution is 2.24. The van der Waals surface area contributed by atoms with Crippen LogP contribution in [-0.2, 0) is 0 Å². The van der Waals surface area contributed by atoms with Gasteiger partial charge in [0.25, 0.3) is 5.91 Å². The van der Waals surface area contributed by atoms with Crippen LogP contribution in [0.25, 0.3) is 0 Å². The van der Waals surface area contributed by atoms with Crippen molar-refractivity contribution >= 4 is 23.2 Å². The number of carbonyl (C=O) groups is 1. The molecule has 0 saturated carbocycles. The molecule has 2 N–H and O–H groups in total. The summed E-state index contributed by atoms with van der Waals surface area (Å²) in [6.07, 6.45) is 2.37. The number of nitrogens with one attached hydrogen (secondary N) is 2. The Morgan fingerprint density at radius 3 is 2.41 bits per heavy atom. The van der Waals surface area contributed by atoms with Gasteiger partial charge in [0, 0.05) is 43.2 Å². The lowest BCUT2D eigenvalue weighted by Gasteiger charge is -2.36. The van der Waals surface area contributed by atoms with Crippen LogP contribution in [0.4, 0.5) is 17.3 Å². The van der Waals surface area contributed by atoms with Crippen molar-refractivity contribution in [2.75, 3.05) is 44.4 Å². The number of amides is 1. The molecule has 1 fully saturated rings. The van der Waals surface area contributed by atoms with Crippen LogP contribution in [0.1, 0.15) is 29.0 Å². The molecular weight excluding hydrogens is 340 g/mol. The van der Waals surface area contributed by atoms with Gasteiger partial charge < -0.3 is 20.4 Å². The molecule has 0 unspecified atom stereocenters. The summed E-state index contributed by atoms with van der Waals surface area (Å²) in [5.41, 5.74) is 3.23. The fraction of sp³-hybridized carbons (Fsp3) is 0.450. The van der Waals surface area contributed by atoms with E-state index in [0.717, 1.165) is 24.5 Å². The van der Waals surface area contributed by atoms with E-state index in [-0.39, 0.29) is 5.91 Å². The Hall–Kier alpha value is -2.67. The highest BCUT2D eigenvalue weighted by molar-refractivity contribution is 5.92. The summed E-state index contributed by atoms with van der Waals surface area (Å²) >= 11 is 0. The van der Waals surface area contributed by atoms with Crippen molar-refractivity contribution in [3.05, 3.63) is 41.7 Å². The summed E-state index contributed by atoms with van der Waals surface area (Å²) in [4.78, 5) is 25.2. The third-order valence-electron chi connectivity index (χ3n) is 5.00. The first-order chi connectivity index (χ1) is 13.0. The van der Waals surface area contributed by atoms with E-state index in [1.54, 1.807) is 13.1 Å². The summed E-state index contributed by atoms with van der Waals surface area (Å²) < 4.78 is 0. The molecule has 27 heavy (non-hydrogen) atoms. The Balaban J connectivity index is 1.66. The molecule has 1 aromatic carbocycles. The number of anilines is 3. The van der Waals surface area contributed by atoms with Crippen molar-refractivity contribution < 1.29 is 4.79 Å². The van der Waals surface area contributed by atoms with Gasteiger partial charge in [-0.05, 0) is 64.2 Å². The second kappa shape index (κ2) is 8.35. The highest BCUT2D eigenvalue weighted by Gasteiger charge is 2.20. The summed E-state index contributed by atoms with van der Waals surface area (Å²) in [7, 11) is 5.90. The number of aromatic nitrogens is 2. The third-order valence-corrected chi connectivity index (χ3v) is 5.00. The Kier molecular flexibility index (Phi) is 5.91. The fourth-order valence-corrected chi connectivity index (χ4v) is 3.39. The second-order valence-electron chi connectivity index (χ2n) is 7.15. The standard InChI is InChI=1S/C20H28N6O/c1-14-13-18(19(27)21-2)24-20(22-14)23-15-5-7-17(8-6-15)26-11-9-16(10-12-26)25(3)4/h5-8,13,16H,9-12H2,1-4H3,(H,21,27)(H,22,23,24). The van der Waals surface area contributed by atoms with E-state index in [1.807, 2.05) is 19.1 Å². The molecule has 0 atom stereocenters. The van der Waals surface area contributed by atoms with Crippen molar-refractivity contribution in [1.82, 2.24) is 20.2 Å². The molecule has 7 heteroatoms. The van der Waals surface area contributed by atoms with E-state index in [1.165, 1.54) is 18.5 Å². The smallest absolute Gasteiger partial charge is 0.269 e. The van der Waals surface area contributed by atoms with Crippen molar-refractivity contribution in [3.63, 3.8) is 0 Å². The maximum Gasteiger partial charge on any atom is 0.269 e. The molecule has 2 aromatic rings. The van der Waals surface area contributed by atoms with E-state index < -0.39 is 0 Å². The molecule has 2 heterocycles. The molecule has 1 aromatic heterocycles. The van der Waals surface area contributed by atoms with Gasteiger partial charge in [-0.3, -0.25) is 4.79 Å². The number of benzene rings is 1. The van der Waals surface area contributed by atoms with Gasteiger partial charge in [-0.15, -0.1) is 0 Å². The molecule has 0 radical (unpaired) electrons. The minimum absolute atomic E-state index is 0.222. The predicted octanol–water partition coefficient (Wildman–Crippen LogP) is 2.42. The second-order valence-corrected chi connectivity index (χ2v) is 7.15. The molecule has 1 amide bonds. The van der Waals surface area contributed by atoms with Gasteiger partial charge in [0.15, 0.2) is 0 Å². The van der Waals surface area contributed by atoms with Crippen molar-refractivity contribution in [3.8, 4) is 0 Å². The van der Waals surface area contributed by atoms with Crippen molar-refractivity contribution in [1.29, 1.82) is 0 Å². The number of hydrogen-bond donors (Lipinski definition) is 2. The monoisotopic (exact) mass is 368 g/mol. The van der Waals surface area contributed by atoms with E-state index in [2.05, 4.69) is 56.6 Å². The molecule has 0 aliphatic carbocycles. The number of aryl methyl sites for hydroxylation is 1.